The molecule has 15 heavy (non-hydrogen) atoms. The lowest BCUT2D eigenvalue weighted by atomic mass is 9.99. The molecule has 78 valence electrons. The third-order valence-electron chi connectivity index (χ3n) is 2.91. The maximum atomic E-state index is 4.47. The van der Waals surface area contributed by atoms with E-state index in [1.165, 1.54) is 5.82 Å². The Morgan fingerprint density at radius 3 is 3.13 bits per heavy atom. The predicted molar refractivity (Wildman–Crippen MR) is 63.0 cm³/mol. The minimum absolute atomic E-state index is 0.763. The molecule has 0 amide bonds. The van der Waals surface area contributed by atoms with Crippen molar-refractivity contribution in [1.29, 1.82) is 0 Å². The predicted octanol–water partition coefficient (Wildman–Crippen LogP) is 1.86. The van der Waals surface area contributed by atoms with Crippen molar-refractivity contribution in [3.05, 3.63) is 34.8 Å². The first-order valence-electron chi connectivity index (χ1n) is 5.15. The maximum absolute atomic E-state index is 4.47. The molecule has 1 fully saturated rings. The second kappa shape index (κ2) is 3.61. The van der Waals surface area contributed by atoms with Gasteiger partial charge in [-0.25, -0.2) is 4.98 Å². The summed E-state index contributed by atoms with van der Waals surface area (Å²) < 4.78 is 3.27. The van der Waals surface area contributed by atoms with Gasteiger partial charge in [0.2, 0.25) is 0 Å². The second-order valence-corrected chi connectivity index (χ2v) is 4.96. The Bertz CT molecular complexity index is 488. The number of rotatable bonds is 2. The van der Waals surface area contributed by atoms with Crippen molar-refractivity contribution in [3.8, 4) is 0 Å². The van der Waals surface area contributed by atoms with E-state index < -0.39 is 0 Å². The van der Waals surface area contributed by atoms with Crippen LogP contribution in [0.5, 0.6) is 0 Å². The van der Waals surface area contributed by atoms with Crippen molar-refractivity contribution < 1.29 is 0 Å². The van der Waals surface area contributed by atoms with Crippen molar-refractivity contribution in [2.75, 3.05) is 13.1 Å². The summed E-state index contributed by atoms with van der Waals surface area (Å²) in [7, 11) is 0. The summed E-state index contributed by atoms with van der Waals surface area (Å²) in [5, 5.41) is 3.29. The number of halogens is 1. The Balaban J connectivity index is 1.96. The molecule has 0 saturated carbocycles. The van der Waals surface area contributed by atoms with Gasteiger partial charge < -0.3 is 9.72 Å². The van der Waals surface area contributed by atoms with Crippen LogP contribution in [0.3, 0.4) is 0 Å². The fraction of sp³-hybridized carbons (Fsp3) is 0.364. The van der Waals surface area contributed by atoms with Gasteiger partial charge in [-0.2, -0.15) is 0 Å². The van der Waals surface area contributed by atoms with Gasteiger partial charge >= 0.3 is 0 Å². The van der Waals surface area contributed by atoms with Gasteiger partial charge in [-0.3, -0.25) is 0 Å². The van der Waals surface area contributed by atoms with Crippen molar-refractivity contribution in [1.82, 2.24) is 14.7 Å². The van der Waals surface area contributed by atoms with Gasteiger partial charge in [0.05, 0.1) is 11.7 Å². The average molecular weight is 266 g/mol. The van der Waals surface area contributed by atoms with Crippen molar-refractivity contribution >= 4 is 21.4 Å². The number of fused-ring (bicyclic) bond motifs is 1. The molecule has 3 heterocycles. The van der Waals surface area contributed by atoms with Crippen LogP contribution in [-0.2, 0) is 6.42 Å². The highest BCUT2D eigenvalue weighted by molar-refractivity contribution is 9.10. The van der Waals surface area contributed by atoms with E-state index in [1.807, 2.05) is 6.20 Å². The van der Waals surface area contributed by atoms with Crippen molar-refractivity contribution in [3.63, 3.8) is 0 Å². The number of nitrogens with zero attached hydrogens (tertiary/aromatic N) is 2. The van der Waals surface area contributed by atoms with E-state index in [0.717, 1.165) is 35.4 Å². The number of aromatic nitrogens is 2. The molecule has 3 nitrogen and oxygen atoms in total. The Hall–Kier alpha value is -0.870. The second-order valence-electron chi connectivity index (χ2n) is 4.04. The van der Waals surface area contributed by atoms with E-state index in [2.05, 4.69) is 49.0 Å². The molecule has 0 spiro atoms. The first-order chi connectivity index (χ1) is 7.33. The number of hydrogen-bond donors (Lipinski definition) is 1. The SMILES string of the molecule is Brc1ccn2c(CC3CNC3)ncc2c1. The zero-order valence-corrected chi connectivity index (χ0v) is 9.87. The zero-order chi connectivity index (χ0) is 10.3. The molecule has 4 heteroatoms. The van der Waals surface area contributed by atoms with Crippen LogP contribution in [0, 0.1) is 5.92 Å². The van der Waals surface area contributed by atoms with Crippen LogP contribution in [0.4, 0.5) is 0 Å². The van der Waals surface area contributed by atoms with Crippen LogP contribution in [0.25, 0.3) is 5.52 Å². The maximum Gasteiger partial charge on any atom is 0.113 e. The molecule has 0 aromatic carbocycles. The first-order valence-corrected chi connectivity index (χ1v) is 5.94. The molecule has 0 unspecified atom stereocenters. The molecular weight excluding hydrogens is 254 g/mol. The minimum atomic E-state index is 0.763. The third kappa shape index (κ3) is 1.68. The molecule has 1 aliphatic heterocycles. The number of pyridine rings is 1. The van der Waals surface area contributed by atoms with Crippen molar-refractivity contribution in [2.45, 2.75) is 6.42 Å². The van der Waals surface area contributed by atoms with Gasteiger partial charge in [0.15, 0.2) is 0 Å². The largest absolute Gasteiger partial charge is 0.316 e. The normalized spacial score (nSPS) is 16.9. The van der Waals surface area contributed by atoms with Crippen molar-refractivity contribution in [2.24, 2.45) is 5.92 Å². The molecule has 0 atom stereocenters. The molecular formula is C11H12BrN3. The van der Waals surface area contributed by atoms with E-state index in [-0.39, 0.29) is 0 Å². The lowest BCUT2D eigenvalue weighted by molar-refractivity contribution is 0.340. The van der Waals surface area contributed by atoms with Gasteiger partial charge in [-0.05, 0) is 31.1 Å². The van der Waals surface area contributed by atoms with Crippen LogP contribution in [0.1, 0.15) is 5.82 Å². The van der Waals surface area contributed by atoms with E-state index in [1.54, 1.807) is 0 Å². The van der Waals surface area contributed by atoms with Crippen LogP contribution < -0.4 is 5.32 Å². The average Bonchev–Trinajstić information content (AvgIpc) is 2.54. The Labute approximate surface area is 96.6 Å². The van der Waals surface area contributed by atoms with Crippen LogP contribution >= 0.6 is 15.9 Å². The summed E-state index contributed by atoms with van der Waals surface area (Å²) >= 11 is 3.47. The molecule has 1 aliphatic rings. The standard InChI is InChI=1S/C11H12BrN3/c12-9-1-2-15-10(4-9)7-14-11(15)3-8-5-13-6-8/h1-2,4,7-8,13H,3,5-6H2. The summed E-state index contributed by atoms with van der Waals surface area (Å²) in [5.41, 5.74) is 1.16. The number of hydrogen-bond acceptors (Lipinski definition) is 2. The topological polar surface area (TPSA) is 29.3 Å². The lowest BCUT2D eigenvalue weighted by Crippen LogP contribution is -2.43. The molecule has 2 aromatic rings. The van der Waals surface area contributed by atoms with E-state index in [4.69, 9.17) is 0 Å². The van der Waals surface area contributed by atoms with Gasteiger partial charge in [-0.15, -0.1) is 0 Å². The summed E-state index contributed by atoms with van der Waals surface area (Å²) in [5.74, 6) is 1.93. The molecule has 1 N–H and O–H groups in total. The van der Waals surface area contributed by atoms with Crippen LogP contribution in [-0.4, -0.2) is 22.5 Å². The summed E-state index contributed by atoms with van der Waals surface area (Å²) in [6.07, 6.45) is 5.09. The minimum Gasteiger partial charge on any atom is -0.316 e. The molecule has 0 bridgehead atoms. The highest BCUT2D eigenvalue weighted by Crippen LogP contribution is 2.17. The van der Waals surface area contributed by atoms with E-state index >= 15 is 0 Å². The smallest absolute Gasteiger partial charge is 0.113 e. The van der Waals surface area contributed by atoms with Gasteiger partial charge in [-0.1, -0.05) is 15.9 Å². The van der Waals surface area contributed by atoms with Crippen LogP contribution in [0.2, 0.25) is 0 Å². The highest BCUT2D eigenvalue weighted by Gasteiger charge is 2.19. The van der Waals surface area contributed by atoms with E-state index in [0.29, 0.717) is 0 Å². The monoisotopic (exact) mass is 265 g/mol. The Morgan fingerprint density at radius 1 is 1.53 bits per heavy atom. The molecule has 0 radical (unpaired) electrons. The number of nitrogens with one attached hydrogen (secondary N) is 1. The third-order valence-corrected chi connectivity index (χ3v) is 3.40. The summed E-state index contributed by atoms with van der Waals surface area (Å²) in [6, 6.07) is 4.15. The fourth-order valence-electron chi connectivity index (χ4n) is 1.93. The van der Waals surface area contributed by atoms with E-state index in [9.17, 15) is 0 Å². The Morgan fingerprint density at radius 2 is 2.40 bits per heavy atom. The molecule has 3 rings (SSSR count). The molecule has 2 aromatic heterocycles. The molecule has 1 saturated heterocycles. The van der Waals surface area contributed by atoms with Gasteiger partial charge in [0.25, 0.3) is 0 Å². The summed E-state index contributed by atoms with van der Waals surface area (Å²) in [4.78, 5) is 4.47. The zero-order valence-electron chi connectivity index (χ0n) is 8.28. The van der Waals surface area contributed by atoms with Gasteiger partial charge in [0, 0.05) is 17.1 Å². The lowest BCUT2D eigenvalue weighted by Gasteiger charge is -2.26. The highest BCUT2D eigenvalue weighted by atomic mass is 79.9. The number of imidazole rings is 1. The Kier molecular flexibility index (Phi) is 2.25. The van der Waals surface area contributed by atoms with Gasteiger partial charge in [0.1, 0.15) is 5.82 Å². The first kappa shape index (κ1) is 9.36. The molecule has 0 aliphatic carbocycles. The summed E-state index contributed by atoms with van der Waals surface area (Å²) in [6.45, 7) is 2.26. The fourth-order valence-corrected chi connectivity index (χ4v) is 2.28. The van der Waals surface area contributed by atoms with Crippen LogP contribution in [0.15, 0.2) is 29.0 Å². The quantitative estimate of drug-likeness (QED) is 0.899.